The lowest BCUT2D eigenvalue weighted by Gasteiger charge is -2.16. The Morgan fingerprint density at radius 3 is 2.08 bits per heavy atom. The number of hydrogen-bond acceptors (Lipinski definition) is 4. The molecular formula is C44H23N3OS. The average Bonchev–Trinajstić information content (AvgIpc) is 3.80. The number of thiophene rings is 1. The summed E-state index contributed by atoms with van der Waals surface area (Å²) in [5, 5.41) is 8.38. The third-order valence-electron chi connectivity index (χ3n) is 10.4. The van der Waals surface area contributed by atoms with E-state index in [-0.39, 0.29) is 0 Å². The molecule has 1 aliphatic carbocycles. The van der Waals surface area contributed by atoms with Crippen LogP contribution in [0, 0.1) is 0 Å². The Balaban J connectivity index is 1.31. The van der Waals surface area contributed by atoms with Crippen LogP contribution in [0.1, 0.15) is 0 Å². The van der Waals surface area contributed by atoms with Gasteiger partial charge in [-0.15, -0.1) is 11.3 Å². The van der Waals surface area contributed by atoms with E-state index in [1.165, 1.54) is 42.8 Å². The maximum atomic E-state index is 6.55. The van der Waals surface area contributed by atoms with Crippen LogP contribution < -0.4 is 0 Å². The summed E-state index contributed by atoms with van der Waals surface area (Å²) >= 11 is 1.70. The zero-order valence-corrected chi connectivity index (χ0v) is 26.8. The van der Waals surface area contributed by atoms with Gasteiger partial charge in [0.05, 0.1) is 11.0 Å². The number of furan rings is 1. The van der Waals surface area contributed by atoms with Crippen molar-refractivity contribution in [2.75, 3.05) is 0 Å². The fraction of sp³-hybridized carbons (Fsp3) is 0. The van der Waals surface area contributed by atoms with E-state index in [2.05, 4.69) is 144 Å². The van der Waals surface area contributed by atoms with Gasteiger partial charge in [0.2, 0.25) is 0 Å². The van der Waals surface area contributed by atoms with Gasteiger partial charge in [0.1, 0.15) is 27.2 Å². The smallest absolute Gasteiger partial charge is 0.165 e. The summed E-state index contributed by atoms with van der Waals surface area (Å²) in [7, 11) is 0. The minimum absolute atomic E-state index is 0.823. The second kappa shape index (κ2) is 9.19. The first-order valence-corrected chi connectivity index (χ1v) is 17.3. The van der Waals surface area contributed by atoms with E-state index in [9.17, 15) is 0 Å². The lowest BCUT2D eigenvalue weighted by atomic mass is 9.95. The van der Waals surface area contributed by atoms with Gasteiger partial charge in [0.15, 0.2) is 5.82 Å². The number of fused-ring (bicyclic) bond motifs is 4. The predicted octanol–water partition coefficient (Wildman–Crippen LogP) is 12.3. The van der Waals surface area contributed by atoms with Gasteiger partial charge in [-0.1, -0.05) is 109 Å². The molecule has 11 aromatic rings. The van der Waals surface area contributed by atoms with Crippen molar-refractivity contribution < 1.29 is 4.42 Å². The highest BCUT2D eigenvalue weighted by molar-refractivity contribution is 7.25. The highest BCUT2D eigenvalue weighted by Gasteiger charge is 2.28. The largest absolute Gasteiger partial charge is 0.456 e. The Hall–Kier alpha value is -6.30. The molecule has 5 heteroatoms. The number of rotatable bonds is 3. The molecule has 0 radical (unpaired) electrons. The molecule has 49 heavy (non-hydrogen) atoms. The van der Waals surface area contributed by atoms with E-state index < -0.39 is 0 Å². The van der Waals surface area contributed by atoms with Gasteiger partial charge < -0.3 is 4.42 Å². The van der Waals surface area contributed by atoms with E-state index in [1.807, 2.05) is 0 Å². The Kier molecular flexibility index (Phi) is 4.83. The molecular weight excluding hydrogens is 619 g/mol. The van der Waals surface area contributed by atoms with Crippen molar-refractivity contribution in [1.29, 1.82) is 0 Å². The molecule has 4 heterocycles. The first-order chi connectivity index (χ1) is 24.3. The molecule has 226 valence electrons. The molecule has 1 aliphatic rings. The molecule has 4 aromatic heterocycles. The summed E-state index contributed by atoms with van der Waals surface area (Å²) in [5.41, 5.74) is 11.6. The second-order valence-electron chi connectivity index (χ2n) is 12.9. The van der Waals surface area contributed by atoms with Gasteiger partial charge in [0.25, 0.3) is 0 Å². The fourth-order valence-corrected chi connectivity index (χ4v) is 9.38. The van der Waals surface area contributed by atoms with E-state index in [0.717, 1.165) is 71.5 Å². The summed E-state index contributed by atoms with van der Waals surface area (Å²) in [5.74, 6) is 0.823. The summed E-state index contributed by atoms with van der Waals surface area (Å²) < 4.78 is 10.1. The summed E-state index contributed by atoms with van der Waals surface area (Å²) in [6, 6.07) is 49.7. The highest BCUT2D eigenvalue weighted by Crippen LogP contribution is 2.51. The topological polar surface area (TPSA) is 43.9 Å². The molecule has 12 rings (SSSR count). The number of aromatic nitrogens is 3. The third kappa shape index (κ3) is 3.27. The standard InChI is InChI=1S/C44H23N3OS/c1-2-10-24(11-3-1)26-13-4-5-14-29(26)41-43(45-42-30-15-6-7-19-35(30)49-44(42)46-41)47-31-21-20-25-12-8-16-27-28-17-9-18-33-37(28)40-34(48-33)23-22-32(47)39(40)38(31)36(25)27/h1-23H. The summed E-state index contributed by atoms with van der Waals surface area (Å²) in [4.78, 5) is 12.1. The molecule has 0 atom stereocenters. The lowest BCUT2D eigenvalue weighted by Crippen LogP contribution is -2.04. The Bertz CT molecular complexity index is 3220. The third-order valence-corrected chi connectivity index (χ3v) is 11.4. The van der Waals surface area contributed by atoms with Gasteiger partial charge in [-0.05, 0) is 63.4 Å². The van der Waals surface area contributed by atoms with Crippen LogP contribution in [0.4, 0.5) is 0 Å². The molecule has 0 fully saturated rings. The average molecular weight is 642 g/mol. The highest BCUT2D eigenvalue weighted by atomic mass is 32.1. The van der Waals surface area contributed by atoms with Gasteiger partial charge in [-0.25, -0.2) is 9.97 Å². The number of benzene rings is 7. The molecule has 0 unspecified atom stereocenters. The minimum Gasteiger partial charge on any atom is -0.456 e. The predicted molar refractivity (Wildman–Crippen MR) is 204 cm³/mol. The number of nitrogens with zero attached hydrogens (tertiary/aromatic N) is 3. The minimum atomic E-state index is 0.823. The van der Waals surface area contributed by atoms with Crippen molar-refractivity contribution in [1.82, 2.24) is 14.5 Å². The molecule has 4 nitrogen and oxygen atoms in total. The first-order valence-electron chi connectivity index (χ1n) is 16.5. The van der Waals surface area contributed by atoms with E-state index in [4.69, 9.17) is 14.4 Å². The van der Waals surface area contributed by atoms with Crippen LogP contribution in [-0.2, 0) is 0 Å². The zero-order valence-electron chi connectivity index (χ0n) is 25.9. The quantitative estimate of drug-likeness (QED) is 0.193. The molecule has 0 N–H and O–H groups in total. The molecule has 0 saturated carbocycles. The van der Waals surface area contributed by atoms with Crippen LogP contribution in [0.25, 0.3) is 114 Å². The van der Waals surface area contributed by atoms with Crippen LogP contribution in [0.15, 0.2) is 144 Å². The van der Waals surface area contributed by atoms with Crippen molar-refractivity contribution in [3.05, 3.63) is 140 Å². The lowest BCUT2D eigenvalue weighted by molar-refractivity contribution is 0.669. The monoisotopic (exact) mass is 641 g/mol. The molecule has 0 spiro atoms. The second-order valence-corrected chi connectivity index (χ2v) is 13.9. The molecule has 0 aliphatic heterocycles. The Labute approximate surface area is 283 Å². The van der Waals surface area contributed by atoms with Crippen molar-refractivity contribution in [3.8, 4) is 39.3 Å². The van der Waals surface area contributed by atoms with Crippen LogP contribution in [-0.4, -0.2) is 14.5 Å². The van der Waals surface area contributed by atoms with Crippen LogP contribution in [0.3, 0.4) is 0 Å². The van der Waals surface area contributed by atoms with Gasteiger partial charge >= 0.3 is 0 Å². The normalized spacial score (nSPS) is 12.5. The number of hydrogen-bond donors (Lipinski definition) is 0. The van der Waals surface area contributed by atoms with Gasteiger partial charge in [-0.2, -0.15) is 0 Å². The summed E-state index contributed by atoms with van der Waals surface area (Å²) in [6.07, 6.45) is 0. The van der Waals surface area contributed by atoms with Crippen LogP contribution in [0.5, 0.6) is 0 Å². The van der Waals surface area contributed by atoms with Crippen molar-refractivity contribution in [3.63, 3.8) is 0 Å². The van der Waals surface area contributed by atoms with Crippen molar-refractivity contribution in [2.24, 2.45) is 0 Å². The van der Waals surface area contributed by atoms with Gasteiger partial charge in [-0.3, -0.25) is 4.57 Å². The Morgan fingerprint density at radius 2 is 1.18 bits per heavy atom. The maximum absolute atomic E-state index is 6.55. The van der Waals surface area contributed by atoms with Crippen LogP contribution >= 0.6 is 11.3 Å². The van der Waals surface area contributed by atoms with E-state index in [1.54, 1.807) is 11.3 Å². The SMILES string of the molecule is c1ccc(-c2ccccc2-c2nc3sc4ccccc4c3nc2-n2c3ccc4cccc5c4c3c3c4c(ccc32)oc2cccc-5c24)cc1. The summed E-state index contributed by atoms with van der Waals surface area (Å²) in [6.45, 7) is 0. The van der Waals surface area contributed by atoms with E-state index in [0.29, 0.717) is 0 Å². The molecule has 0 amide bonds. The Morgan fingerprint density at radius 1 is 0.490 bits per heavy atom. The van der Waals surface area contributed by atoms with Crippen LogP contribution in [0.2, 0.25) is 0 Å². The maximum Gasteiger partial charge on any atom is 0.165 e. The fourth-order valence-electron chi connectivity index (χ4n) is 8.36. The van der Waals surface area contributed by atoms with Gasteiger partial charge in [0, 0.05) is 37.2 Å². The molecule has 0 saturated heterocycles. The van der Waals surface area contributed by atoms with E-state index >= 15 is 0 Å². The zero-order chi connectivity index (χ0) is 31.8. The molecule has 0 bridgehead atoms. The van der Waals surface area contributed by atoms with Crippen molar-refractivity contribution >= 4 is 86.3 Å². The molecule has 7 aromatic carbocycles. The van der Waals surface area contributed by atoms with Crippen molar-refractivity contribution in [2.45, 2.75) is 0 Å². The first kappa shape index (κ1) is 25.7.